The highest BCUT2D eigenvalue weighted by Gasteiger charge is 2.17. The van der Waals surface area contributed by atoms with Gasteiger partial charge in [0.2, 0.25) is 0 Å². The molecule has 0 fully saturated rings. The van der Waals surface area contributed by atoms with Gasteiger partial charge in [0, 0.05) is 18.0 Å². The van der Waals surface area contributed by atoms with Crippen molar-refractivity contribution in [1.29, 1.82) is 0 Å². The zero-order valence-electron chi connectivity index (χ0n) is 8.90. The van der Waals surface area contributed by atoms with Crippen LogP contribution < -0.4 is 0 Å². The highest BCUT2D eigenvalue weighted by atomic mass is 35.5. The van der Waals surface area contributed by atoms with E-state index in [1.165, 1.54) is 0 Å². The zero-order valence-corrected chi connectivity index (χ0v) is 10.5. The average Bonchev–Trinajstić information content (AvgIpc) is 2.15. The lowest BCUT2D eigenvalue weighted by atomic mass is 10.3. The molecule has 1 atom stereocenters. The van der Waals surface area contributed by atoms with E-state index in [9.17, 15) is 4.21 Å². The van der Waals surface area contributed by atoms with Gasteiger partial charge in [0.05, 0.1) is 4.75 Å². The first-order chi connectivity index (χ1) is 6.89. The Morgan fingerprint density at radius 2 is 2.13 bits per heavy atom. The van der Waals surface area contributed by atoms with Gasteiger partial charge in [-0.05, 0) is 32.9 Å². The molecule has 0 spiro atoms. The standard InChI is InChI=1S/C10H13ClN2OS/c1-10(2,3)15(14)13-7-8-4-5-9(11)12-6-8/h4-7H,1-3H3/b13-7+. The molecule has 0 bridgehead atoms. The number of hydrogen-bond acceptors (Lipinski definition) is 2. The lowest BCUT2D eigenvalue weighted by molar-refractivity contribution is 0.651. The first-order valence-corrected chi connectivity index (χ1v) is 5.96. The molecule has 0 aromatic carbocycles. The number of aromatic nitrogens is 1. The minimum Gasteiger partial charge on any atom is -0.244 e. The predicted molar refractivity (Wildman–Crippen MR) is 64.7 cm³/mol. The van der Waals surface area contributed by atoms with Gasteiger partial charge in [-0.15, -0.1) is 0 Å². The summed E-state index contributed by atoms with van der Waals surface area (Å²) in [4.78, 5) is 3.89. The molecule has 1 rings (SSSR count). The Labute approximate surface area is 97.2 Å². The molecule has 1 unspecified atom stereocenters. The van der Waals surface area contributed by atoms with Crippen LogP contribution in [0.5, 0.6) is 0 Å². The lowest BCUT2D eigenvalue weighted by Gasteiger charge is -2.12. The summed E-state index contributed by atoms with van der Waals surface area (Å²) in [6, 6.07) is 3.45. The molecule has 1 aromatic heterocycles. The maximum atomic E-state index is 11.6. The summed E-state index contributed by atoms with van der Waals surface area (Å²) < 4.78 is 15.2. The second kappa shape index (κ2) is 4.86. The van der Waals surface area contributed by atoms with Crippen LogP contribution in [0.3, 0.4) is 0 Å². The first kappa shape index (κ1) is 12.3. The van der Waals surface area contributed by atoms with Crippen molar-refractivity contribution in [2.45, 2.75) is 25.5 Å². The van der Waals surface area contributed by atoms with Crippen molar-refractivity contribution < 1.29 is 4.21 Å². The molecule has 0 saturated carbocycles. The fourth-order valence-electron chi connectivity index (χ4n) is 0.730. The third-order valence-corrected chi connectivity index (χ3v) is 3.14. The smallest absolute Gasteiger partial charge is 0.144 e. The van der Waals surface area contributed by atoms with E-state index in [1.807, 2.05) is 20.8 Å². The zero-order chi connectivity index (χ0) is 11.5. The molecular formula is C10H13ClN2OS. The van der Waals surface area contributed by atoms with Gasteiger partial charge >= 0.3 is 0 Å². The van der Waals surface area contributed by atoms with Crippen LogP contribution in [0.1, 0.15) is 26.3 Å². The Hall–Kier alpha value is -0.740. The van der Waals surface area contributed by atoms with Crippen molar-refractivity contribution in [2.75, 3.05) is 0 Å². The third kappa shape index (κ3) is 4.10. The highest BCUT2D eigenvalue weighted by molar-refractivity contribution is 7.85. The number of hydrogen-bond donors (Lipinski definition) is 0. The van der Waals surface area contributed by atoms with Gasteiger partial charge in [0.15, 0.2) is 0 Å². The number of rotatable bonds is 2. The normalized spacial score (nSPS) is 14.4. The molecule has 1 heterocycles. The topological polar surface area (TPSA) is 42.3 Å². The number of halogens is 1. The monoisotopic (exact) mass is 244 g/mol. The second-order valence-electron chi connectivity index (χ2n) is 4.01. The summed E-state index contributed by atoms with van der Waals surface area (Å²) in [5.41, 5.74) is 0.789. The molecule has 0 aliphatic carbocycles. The van der Waals surface area contributed by atoms with Gasteiger partial charge in [-0.2, -0.15) is 4.40 Å². The Balaban J connectivity index is 2.74. The van der Waals surface area contributed by atoms with Crippen LogP contribution >= 0.6 is 11.6 Å². The van der Waals surface area contributed by atoms with E-state index < -0.39 is 11.0 Å². The minimum absolute atomic E-state index is 0.337. The molecule has 5 heteroatoms. The van der Waals surface area contributed by atoms with E-state index in [0.29, 0.717) is 5.15 Å². The third-order valence-electron chi connectivity index (χ3n) is 1.57. The van der Waals surface area contributed by atoms with E-state index in [0.717, 1.165) is 5.56 Å². The van der Waals surface area contributed by atoms with Crippen LogP contribution in [-0.2, 0) is 11.0 Å². The maximum absolute atomic E-state index is 11.6. The molecule has 0 aliphatic rings. The van der Waals surface area contributed by atoms with Crippen LogP contribution in [-0.4, -0.2) is 20.2 Å². The van der Waals surface area contributed by atoms with Crippen LogP contribution in [0.15, 0.2) is 22.7 Å². The van der Waals surface area contributed by atoms with Crippen LogP contribution in [0.4, 0.5) is 0 Å². The SMILES string of the molecule is CC(C)(C)S(=O)/N=C/c1ccc(Cl)nc1. The second-order valence-corrected chi connectivity index (χ2v) is 6.33. The summed E-state index contributed by atoms with van der Waals surface area (Å²) in [5.74, 6) is 0. The van der Waals surface area contributed by atoms with Crippen LogP contribution in [0.2, 0.25) is 5.15 Å². The van der Waals surface area contributed by atoms with Gasteiger partial charge in [-0.25, -0.2) is 9.19 Å². The van der Waals surface area contributed by atoms with Gasteiger partial charge in [-0.1, -0.05) is 11.6 Å². The van der Waals surface area contributed by atoms with Crippen LogP contribution in [0.25, 0.3) is 0 Å². The Kier molecular flexibility index (Phi) is 3.99. The van der Waals surface area contributed by atoms with E-state index >= 15 is 0 Å². The largest absolute Gasteiger partial charge is 0.244 e. The van der Waals surface area contributed by atoms with E-state index in [2.05, 4.69) is 9.38 Å². The van der Waals surface area contributed by atoms with Crippen molar-refractivity contribution >= 4 is 28.8 Å². The molecular weight excluding hydrogens is 232 g/mol. The highest BCUT2D eigenvalue weighted by Crippen LogP contribution is 2.12. The van der Waals surface area contributed by atoms with E-state index in [1.54, 1.807) is 24.5 Å². The minimum atomic E-state index is -1.23. The van der Waals surface area contributed by atoms with E-state index in [4.69, 9.17) is 11.6 Å². The predicted octanol–water partition coefficient (Wildman–Crippen LogP) is 2.62. The van der Waals surface area contributed by atoms with Crippen molar-refractivity contribution in [3.05, 3.63) is 29.0 Å². The fourth-order valence-corrected chi connectivity index (χ4v) is 1.38. The Bertz CT molecular complexity index is 381. The Morgan fingerprint density at radius 1 is 1.47 bits per heavy atom. The quantitative estimate of drug-likeness (QED) is 0.593. The maximum Gasteiger partial charge on any atom is 0.144 e. The van der Waals surface area contributed by atoms with E-state index in [-0.39, 0.29) is 4.75 Å². The summed E-state index contributed by atoms with van der Waals surface area (Å²) >= 11 is 5.63. The van der Waals surface area contributed by atoms with Crippen LogP contribution in [0, 0.1) is 0 Å². The fraction of sp³-hybridized carbons (Fsp3) is 0.400. The summed E-state index contributed by atoms with van der Waals surface area (Å²) in [7, 11) is -1.23. The molecule has 3 nitrogen and oxygen atoms in total. The van der Waals surface area contributed by atoms with Crippen molar-refractivity contribution in [2.24, 2.45) is 4.40 Å². The number of pyridine rings is 1. The van der Waals surface area contributed by atoms with Crippen molar-refractivity contribution in [3.63, 3.8) is 0 Å². The van der Waals surface area contributed by atoms with Gasteiger partial charge in [0.1, 0.15) is 16.1 Å². The van der Waals surface area contributed by atoms with Crippen molar-refractivity contribution in [3.8, 4) is 0 Å². The Morgan fingerprint density at radius 3 is 2.60 bits per heavy atom. The molecule has 0 saturated heterocycles. The molecule has 0 radical (unpaired) electrons. The van der Waals surface area contributed by atoms with Gasteiger partial charge in [-0.3, -0.25) is 0 Å². The molecule has 82 valence electrons. The first-order valence-electron chi connectivity index (χ1n) is 4.47. The van der Waals surface area contributed by atoms with Crippen molar-refractivity contribution in [1.82, 2.24) is 4.98 Å². The summed E-state index contributed by atoms with van der Waals surface area (Å²) in [6.45, 7) is 5.63. The molecule has 0 N–H and O–H groups in total. The summed E-state index contributed by atoms with van der Waals surface area (Å²) in [6.07, 6.45) is 3.14. The average molecular weight is 245 g/mol. The summed E-state index contributed by atoms with van der Waals surface area (Å²) in [5, 5.41) is 0.434. The number of nitrogens with zero attached hydrogens (tertiary/aromatic N) is 2. The molecule has 15 heavy (non-hydrogen) atoms. The molecule has 1 aromatic rings. The van der Waals surface area contributed by atoms with Gasteiger partial charge in [0.25, 0.3) is 0 Å². The molecule has 0 aliphatic heterocycles. The lowest BCUT2D eigenvalue weighted by Crippen LogP contribution is -2.19. The van der Waals surface area contributed by atoms with Gasteiger partial charge < -0.3 is 0 Å². The molecule has 0 amide bonds.